The van der Waals surface area contributed by atoms with Crippen molar-refractivity contribution in [2.24, 2.45) is 0 Å². The zero-order chi connectivity index (χ0) is 18.2. The lowest BCUT2D eigenvalue weighted by Gasteiger charge is -2.21. The molecule has 0 bridgehead atoms. The van der Waals surface area contributed by atoms with Crippen LogP contribution in [0.1, 0.15) is 35.9 Å². The average molecular weight is 344 g/mol. The van der Waals surface area contributed by atoms with Crippen molar-refractivity contribution in [1.82, 2.24) is 14.9 Å². The molecule has 0 radical (unpaired) electrons. The summed E-state index contributed by atoms with van der Waals surface area (Å²) >= 11 is 0. The first kappa shape index (κ1) is 18.5. The van der Waals surface area contributed by atoms with Gasteiger partial charge in [0, 0.05) is 25.7 Å². The summed E-state index contributed by atoms with van der Waals surface area (Å²) in [7, 11) is 0. The fourth-order valence-electron chi connectivity index (χ4n) is 2.26. The lowest BCUT2D eigenvalue weighted by molar-refractivity contribution is -0.116. The lowest BCUT2D eigenvalue weighted by Crippen LogP contribution is -2.35. The molecule has 0 aliphatic heterocycles. The average Bonchev–Trinajstić information content (AvgIpc) is 2.60. The number of amides is 2. The van der Waals surface area contributed by atoms with Gasteiger partial charge in [-0.3, -0.25) is 14.6 Å². The second-order valence-electron chi connectivity index (χ2n) is 5.61. The molecule has 2 aromatic rings. The zero-order valence-electron chi connectivity index (χ0n) is 14.3. The molecule has 1 heterocycles. The Labute approximate surface area is 146 Å². The van der Waals surface area contributed by atoms with E-state index in [0.29, 0.717) is 6.54 Å². The van der Waals surface area contributed by atoms with Crippen molar-refractivity contribution in [3.05, 3.63) is 53.9 Å². The van der Waals surface area contributed by atoms with Crippen LogP contribution in [0.5, 0.6) is 0 Å². The molecule has 0 aliphatic carbocycles. The summed E-state index contributed by atoms with van der Waals surface area (Å²) in [6.45, 7) is 4.46. The first-order valence-corrected chi connectivity index (χ1v) is 8.13. The lowest BCUT2D eigenvalue weighted by atomic mass is 10.2. The summed E-state index contributed by atoms with van der Waals surface area (Å²) in [5.41, 5.74) is 1.10. The number of nitrogens with zero attached hydrogens (tertiary/aromatic N) is 3. The van der Waals surface area contributed by atoms with E-state index in [9.17, 15) is 14.0 Å². The highest BCUT2D eigenvalue weighted by atomic mass is 19.1. The number of rotatable bonds is 7. The number of anilines is 1. The number of aromatic nitrogens is 2. The van der Waals surface area contributed by atoms with Crippen molar-refractivity contribution in [3.8, 4) is 0 Å². The summed E-state index contributed by atoms with van der Waals surface area (Å²) in [5.74, 6) is -1.12. The highest BCUT2D eigenvalue weighted by molar-refractivity contribution is 5.93. The minimum atomic E-state index is -0.493. The van der Waals surface area contributed by atoms with Crippen molar-refractivity contribution in [2.45, 2.75) is 26.7 Å². The highest BCUT2D eigenvalue weighted by Crippen LogP contribution is 2.13. The van der Waals surface area contributed by atoms with Gasteiger partial charge in [-0.05, 0) is 25.5 Å². The number of halogens is 1. The van der Waals surface area contributed by atoms with Crippen molar-refractivity contribution < 1.29 is 14.0 Å². The van der Waals surface area contributed by atoms with Crippen LogP contribution in [0.25, 0.3) is 0 Å². The summed E-state index contributed by atoms with van der Waals surface area (Å²) in [6, 6.07) is 5.96. The molecule has 0 unspecified atom stereocenters. The topological polar surface area (TPSA) is 75.2 Å². The fourth-order valence-corrected chi connectivity index (χ4v) is 2.26. The van der Waals surface area contributed by atoms with Gasteiger partial charge in [-0.1, -0.05) is 19.1 Å². The quantitative estimate of drug-likeness (QED) is 0.838. The fraction of sp³-hybridized carbons (Fsp3) is 0.333. The Morgan fingerprint density at radius 2 is 1.92 bits per heavy atom. The second kappa shape index (κ2) is 8.86. The predicted octanol–water partition coefficient (Wildman–Crippen LogP) is 2.81. The van der Waals surface area contributed by atoms with E-state index in [1.165, 1.54) is 24.5 Å². The minimum absolute atomic E-state index is 0.0688. The SMILES string of the molecule is CCCN(CCC(=O)Nc1ccccc1F)C(=O)c1cnc(C)cn1. The van der Waals surface area contributed by atoms with Gasteiger partial charge in [0.25, 0.3) is 5.91 Å². The molecule has 0 aliphatic rings. The predicted molar refractivity (Wildman–Crippen MR) is 92.6 cm³/mol. The molecule has 0 spiro atoms. The first-order valence-electron chi connectivity index (χ1n) is 8.13. The molecule has 0 saturated heterocycles. The largest absolute Gasteiger partial charge is 0.337 e. The standard InChI is InChI=1S/C18H21FN4O2/c1-3-9-23(18(25)16-12-20-13(2)11-21-16)10-8-17(24)22-15-7-5-4-6-14(15)19/h4-7,11-12H,3,8-10H2,1-2H3,(H,22,24). The number of hydrogen-bond donors (Lipinski definition) is 1. The second-order valence-corrected chi connectivity index (χ2v) is 5.61. The van der Waals surface area contributed by atoms with Crippen molar-refractivity contribution in [3.63, 3.8) is 0 Å². The Bertz CT molecular complexity index is 734. The molecule has 25 heavy (non-hydrogen) atoms. The van der Waals surface area contributed by atoms with Gasteiger partial charge in [-0.2, -0.15) is 0 Å². The summed E-state index contributed by atoms with van der Waals surface area (Å²) in [4.78, 5) is 34.2. The molecule has 1 aromatic carbocycles. The molecule has 132 valence electrons. The third-order valence-corrected chi connectivity index (χ3v) is 3.54. The molecule has 0 saturated carbocycles. The molecule has 2 amide bonds. The number of nitrogens with one attached hydrogen (secondary N) is 1. The van der Waals surface area contributed by atoms with Crippen LogP contribution in [0.15, 0.2) is 36.7 Å². The number of aryl methyl sites for hydroxylation is 1. The van der Waals surface area contributed by atoms with E-state index in [-0.39, 0.29) is 36.2 Å². The molecular weight excluding hydrogens is 323 g/mol. The van der Waals surface area contributed by atoms with Crippen LogP contribution in [0.4, 0.5) is 10.1 Å². The van der Waals surface area contributed by atoms with Crippen LogP contribution in [0, 0.1) is 12.7 Å². The minimum Gasteiger partial charge on any atom is -0.337 e. The van der Waals surface area contributed by atoms with Crippen molar-refractivity contribution in [1.29, 1.82) is 0 Å². The van der Waals surface area contributed by atoms with Crippen LogP contribution in [0.3, 0.4) is 0 Å². The van der Waals surface area contributed by atoms with Crippen LogP contribution >= 0.6 is 0 Å². The number of hydrogen-bond acceptors (Lipinski definition) is 4. The first-order chi connectivity index (χ1) is 12.0. The van der Waals surface area contributed by atoms with Crippen molar-refractivity contribution in [2.75, 3.05) is 18.4 Å². The Kier molecular flexibility index (Phi) is 6.56. The maximum atomic E-state index is 13.6. The van der Waals surface area contributed by atoms with Crippen molar-refractivity contribution >= 4 is 17.5 Å². The molecule has 6 nitrogen and oxygen atoms in total. The van der Waals surface area contributed by atoms with Crippen LogP contribution in [-0.2, 0) is 4.79 Å². The van der Waals surface area contributed by atoms with Gasteiger partial charge in [0.1, 0.15) is 11.5 Å². The van der Waals surface area contributed by atoms with Gasteiger partial charge in [-0.15, -0.1) is 0 Å². The monoisotopic (exact) mass is 344 g/mol. The molecule has 2 rings (SSSR count). The Morgan fingerprint density at radius 3 is 2.56 bits per heavy atom. The maximum absolute atomic E-state index is 13.6. The highest BCUT2D eigenvalue weighted by Gasteiger charge is 2.18. The maximum Gasteiger partial charge on any atom is 0.274 e. The summed E-state index contributed by atoms with van der Waals surface area (Å²) < 4.78 is 13.6. The molecule has 0 atom stereocenters. The summed E-state index contributed by atoms with van der Waals surface area (Å²) in [5, 5.41) is 2.51. The van der Waals surface area contributed by atoms with Gasteiger partial charge < -0.3 is 10.2 Å². The number of benzene rings is 1. The zero-order valence-corrected chi connectivity index (χ0v) is 14.3. The number of carbonyl (C=O) groups is 2. The van der Waals surface area contributed by atoms with E-state index in [0.717, 1.165) is 12.1 Å². The van der Waals surface area contributed by atoms with E-state index in [4.69, 9.17) is 0 Å². The number of carbonyl (C=O) groups excluding carboxylic acids is 2. The molecular formula is C18H21FN4O2. The van der Waals surface area contributed by atoms with Crippen LogP contribution in [0.2, 0.25) is 0 Å². The Morgan fingerprint density at radius 1 is 1.16 bits per heavy atom. The van der Waals surface area contributed by atoms with Gasteiger partial charge >= 0.3 is 0 Å². The van der Waals surface area contributed by atoms with E-state index in [2.05, 4.69) is 15.3 Å². The summed E-state index contributed by atoms with van der Waals surface area (Å²) in [6.07, 6.45) is 3.78. The van der Waals surface area contributed by atoms with Gasteiger partial charge in [0.05, 0.1) is 17.6 Å². The van der Waals surface area contributed by atoms with E-state index < -0.39 is 5.82 Å². The van der Waals surface area contributed by atoms with Crippen LogP contribution in [-0.4, -0.2) is 39.8 Å². The smallest absolute Gasteiger partial charge is 0.274 e. The van der Waals surface area contributed by atoms with E-state index in [1.807, 2.05) is 6.92 Å². The molecule has 1 N–H and O–H groups in total. The van der Waals surface area contributed by atoms with Gasteiger partial charge in [0.2, 0.25) is 5.91 Å². The van der Waals surface area contributed by atoms with E-state index in [1.54, 1.807) is 24.0 Å². The third kappa shape index (κ3) is 5.34. The van der Waals surface area contributed by atoms with Gasteiger partial charge in [0.15, 0.2) is 0 Å². The molecule has 7 heteroatoms. The Balaban J connectivity index is 1.96. The molecule has 0 fully saturated rings. The van der Waals surface area contributed by atoms with Gasteiger partial charge in [-0.25, -0.2) is 9.37 Å². The number of para-hydroxylation sites is 1. The normalized spacial score (nSPS) is 10.4. The third-order valence-electron chi connectivity index (χ3n) is 3.54. The van der Waals surface area contributed by atoms with Crippen LogP contribution < -0.4 is 5.32 Å². The molecule has 1 aromatic heterocycles. The van der Waals surface area contributed by atoms with E-state index >= 15 is 0 Å². The Hall–Kier alpha value is -2.83.